The molecule has 0 aliphatic carbocycles. The SMILES string of the molecule is C#CC(CCC)NC(=O)C1(CC)CCNC1. The van der Waals surface area contributed by atoms with Gasteiger partial charge in [0.15, 0.2) is 0 Å². The number of rotatable bonds is 5. The molecule has 0 radical (unpaired) electrons. The van der Waals surface area contributed by atoms with Crippen LogP contribution in [0.5, 0.6) is 0 Å². The van der Waals surface area contributed by atoms with Crippen LogP contribution in [-0.2, 0) is 4.79 Å². The van der Waals surface area contributed by atoms with Crippen LogP contribution in [0.4, 0.5) is 0 Å². The van der Waals surface area contributed by atoms with E-state index in [-0.39, 0.29) is 17.4 Å². The minimum absolute atomic E-state index is 0.110. The molecular weight excluding hydrogens is 200 g/mol. The summed E-state index contributed by atoms with van der Waals surface area (Å²) in [6.07, 6.45) is 9.04. The first-order chi connectivity index (χ1) is 7.68. The monoisotopic (exact) mass is 222 g/mol. The summed E-state index contributed by atoms with van der Waals surface area (Å²) in [6.45, 7) is 5.84. The number of amides is 1. The highest BCUT2D eigenvalue weighted by molar-refractivity contribution is 5.83. The summed E-state index contributed by atoms with van der Waals surface area (Å²) < 4.78 is 0. The van der Waals surface area contributed by atoms with Gasteiger partial charge in [-0.15, -0.1) is 6.42 Å². The summed E-state index contributed by atoms with van der Waals surface area (Å²) in [6, 6.07) is -0.110. The second-order valence-electron chi connectivity index (χ2n) is 4.54. The number of hydrogen-bond acceptors (Lipinski definition) is 2. The molecule has 2 N–H and O–H groups in total. The maximum Gasteiger partial charge on any atom is 0.228 e. The summed E-state index contributed by atoms with van der Waals surface area (Å²) in [5.74, 6) is 2.77. The average Bonchev–Trinajstić information content (AvgIpc) is 2.78. The quantitative estimate of drug-likeness (QED) is 0.688. The molecule has 1 heterocycles. The van der Waals surface area contributed by atoms with E-state index in [1.165, 1.54) is 0 Å². The van der Waals surface area contributed by atoms with E-state index in [4.69, 9.17) is 6.42 Å². The third-order valence-electron chi connectivity index (χ3n) is 3.49. The fourth-order valence-corrected chi connectivity index (χ4v) is 2.20. The zero-order chi connectivity index (χ0) is 12.0. The molecule has 1 rings (SSSR count). The second kappa shape index (κ2) is 5.91. The molecule has 2 unspecified atom stereocenters. The highest BCUT2D eigenvalue weighted by Gasteiger charge is 2.39. The van der Waals surface area contributed by atoms with Crippen molar-refractivity contribution in [3.05, 3.63) is 0 Å². The standard InChI is InChI=1S/C13H22N2O/c1-4-7-11(5-2)15-12(16)13(6-3)8-9-14-10-13/h2,11,14H,4,6-10H2,1,3H3,(H,15,16). The molecule has 1 aliphatic rings. The molecule has 1 saturated heterocycles. The third-order valence-corrected chi connectivity index (χ3v) is 3.49. The lowest BCUT2D eigenvalue weighted by Gasteiger charge is -2.27. The smallest absolute Gasteiger partial charge is 0.228 e. The Labute approximate surface area is 98.4 Å². The number of nitrogens with one attached hydrogen (secondary N) is 2. The predicted molar refractivity (Wildman–Crippen MR) is 65.9 cm³/mol. The molecule has 2 atom stereocenters. The summed E-state index contributed by atoms with van der Waals surface area (Å²) >= 11 is 0. The second-order valence-corrected chi connectivity index (χ2v) is 4.54. The van der Waals surface area contributed by atoms with Crippen molar-refractivity contribution in [3.8, 4) is 12.3 Å². The van der Waals surface area contributed by atoms with Crippen molar-refractivity contribution in [1.82, 2.24) is 10.6 Å². The van der Waals surface area contributed by atoms with Crippen LogP contribution >= 0.6 is 0 Å². The van der Waals surface area contributed by atoms with Crippen molar-refractivity contribution in [2.24, 2.45) is 5.41 Å². The van der Waals surface area contributed by atoms with Gasteiger partial charge in [0, 0.05) is 6.54 Å². The highest BCUT2D eigenvalue weighted by atomic mass is 16.2. The number of carbonyl (C=O) groups is 1. The Bertz CT molecular complexity index is 274. The van der Waals surface area contributed by atoms with E-state index in [1.807, 2.05) is 0 Å². The third kappa shape index (κ3) is 2.76. The highest BCUT2D eigenvalue weighted by Crippen LogP contribution is 2.29. The van der Waals surface area contributed by atoms with Crippen molar-refractivity contribution in [2.75, 3.05) is 13.1 Å². The van der Waals surface area contributed by atoms with Crippen LogP contribution in [0, 0.1) is 17.8 Å². The largest absolute Gasteiger partial charge is 0.342 e. The van der Waals surface area contributed by atoms with Gasteiger partial charge in [-0.25, -0.2) is 0 Å². The lowest BCUT2D eigenvalue weighted by atomic mass is 9.83. The van der Waals surface area contributed by atoms with Gasteiger partial charge >= 0.3 is 0 Å². The number of carbonyl (C=O) groups excluding carboxylic acids is 1. The van der Waals surface area contributed by atoms with Gasteiger partial charge < -0.3 is 10.6 Å². The fraction of sp³-hybridized carbons (Fsp3) is 0.769. The van der Waals surface area contributed by atoms with E-state index in [1.54, 1.807) is 0 Å². The molecule has 0 aromatic rings. The van der Waals surface area contributed by atoms with Gasteiger partial charge in [0.25, 0.3) is 0 Å². The molecule has 90 valence electrons. The van der Waals surface area contributed by atoms with Crippen molar-refractivity contribution >= 4 is 5.91 Å². The van der Waals surface area contributed by atoms with Gasteiger partial charge in [-0.3, -0.25) is 4.79 Å². The molecule has 1 aliphatic heterocycles. The first-order valence-corrected chi connectivity index (χ1v) is 6.16. The Morgan fingerprint density at radius 1 is 1.62 bits per heavy atom. The van der Waals surface area contributed by atoms with E-state index in [0.29, 0.717) is 0 Å². The van der Waals surface area contributed by atoms with Crippen molar-refractivity contribution in [3.63, 3.8) is 0 Å². The van der Waals surface area contributed by atoms with E-state index < -0.39 is 0 Å². The van der Waals surface area contributed by atoms with E-state index in [0.717, 1.165) is 38.8 Å². The fourth-order valence-electron chi connectivity index (χ4n) is 2.20. The molecule has 0 spiro atoms. The molecule has 3 nitrogen and oxygen atoms in total. The lowest BCUT2D eigenvalue weighted by molar-refractivity contribution is -0.130. The van der Waals surface area contributed by atoms with Crippen molar-refractivity contribution in [2.45, 2.75) is 45.6 Å². The van der Waals surface area contributed by atoms with Gasteiger partial charge in [0.1, 0.15) is 0 Å². The van der Waals surface area contributed by atoms with Crippen molar-refractivity contribution in [1.29, 1.82) is 0 Å². The van der Waals surface area contributed by atoms with Gasteiger partial charge in [0.2, 0.25) is 5.91 Å². The maximum atomic E-state index is 12.2. The maximum absolute atomic E-state index is 12.2. The van der Waals surface area contributed by atoms with Crippen LogP contribution in [0.3, 0.4) is 0 Å². The van der Waals surface area contributed by atoms with E-state index >= 15 is 0 Å². The summed E-state index contributed by atoms with van der Waals surface area (Å²) in [4.78, 5) is 12.2. The summed E-state index contributed by atoms with van der Waals surface area (Å²) in [7, 11) is 0. The van der Waals surface area contributed by atoms with Crippen LogP contribution in [0.2, 0.25) is 0 Å². The molecular formula is C13H22N2O. The Balaban J connectivity index is 2.59. The normalized spacial score (nSPS) is 26.1. The Morgan fingerprint density at radius 3 is 2.81 bits per heavy atom. The van der Waals surface area contributed by atoms with Crippen LogP contribution in [0.25, 0.3) is 0 Å². The molecule has 0 saturated carbocycles. The van der Waals surface area contributed by atoms with Crippen LogP contribution in [-0.4, -0.2) is 25.0 Å². The lowest BCUT2D eigenvalue weighted by Crippen LogP contribution is -2.46. The molecule has 1 amide bonds. The first-order valence-electron chi connectivity index (χ1n) is 6.16. The average molecular weight is 222 g/mol. The van der Waals surface area contributed by atoms with Crippen LogP contribution in [0.15, 0.2) is 0 Å². The molecule has 3 heteroatoms. The van der Waals surface area contributed by atoms with Gasteiger partial charge in [-0.05, 0) is 25.8 Å². The molecule has 16 heavy (non-hydrogen) atoms. The van der Waals surface area contributed by atoms with Crippen LogP contribution < -0.4 is 10.6 Å². The number of terminal acetylenes is 1. The van der Waals surface area contributed by atoms with E-state index in [9.17, 15) is 4.79 Å². The number of hydrogen-bond donors (Lipinski definition) is 2. The molecule has 0 bridgehead atoms. The summed E-state index contributed by atoms with van der Waals surface area (Å²) in [5, 5.41) is 6.24. The van der Waals surface area contributed by atoms with Crippen molar-refractivity contribution < 1.29 is 4.79 Å². The zero-order valence-corrected chi connectivity index (χ0v) is 10.3. The minimum atomic E-state index is -0.233. The van der Waals surface area contributed by atoms with Gasteiger partial charge in [-0.1, -0.05) is 26.2 Å². The predicted octanol–water partition coefficient (Wildman–Crippen LogP) is 1.29. The van der Waals surface area contributed by atoms with Gasteiger partial charge in [0.05, 0.1) is 11.5 Å². The summed E-state index contributed by atoms with van der Waals surface area (Å²) in [5.41, 5.74) is -0.233. The van der Waals surface area contributed by atoms with Gasteiger partial charge in [-0.2, -0.15) is 0 Å². The Kier molecular flexibility index (Phi) is 4.82. The Morgan fingerprint density at radius 2 is 2.38 bits per heavy atom. The Hall–Kier alpha value is -1.01. The first kappa shape index (κ1) is 13.1. The van der Waals surface area contributed by atoms with Crippen LogP contribution in [0.1, 0.15) is 39.5 Å². The molecule has 0 aromatic carbocycles. The topological polar surface area (TPSA) is 41.1 Å². The van der Waals surface area contributed by atoms with E-state index in [2.05, 4.69) is 30.4 Å². The zero-order valence-electron chi connectivity index (χ0n) is 10.3. The molecule has 1 fully saturated rings. The molecule has 0 aromatic heterocycles. The minimum Gasteiger partial charge on any atom is -0.342 e.